The first-order valence-electron chi connectivity index (χ1n) is 11.4. The van der Waals surface area contributed by atoms with Gasteiger partial charge < -0.3 is 19.4 Å². The van der Waals surface area contributed by atoms with Crippen LogP contribution in [0.25, 0.3) is 11.8 Å². The molecule has 0 saturated carbocycles. The van der Waals surface area contributed by atoms with Crippen LogP contribution in [0.15, 0.2) is 42.5 Å². The maximum atomic E-state index is 14.5. The lowest BCUT2D eigenvalue weighted by molar-refractivity contribution is -0.138. The number of amides is 2. The van der Waals surface area contributed by atoms with E-state index in [1.165, 1.54) is 23.1 Å². The first-order valence-corrected chi connectivity index (χ1v) is 11.4. The monoisotopic (exact) mass is 463 g/mol. The zero-order valence-corrected chi connectivity index (χ0v) is 19.2. The van der Waals surface area contributed by atoms with Crippen LogP contribution in [0.5, 0.6) is 0 Å². The van der Waals surface area contributed by atoms with Crippen LogP contribution >= 0.6 is 0 Å². The number of cyclic esters (lactones) is 1. The summed E-state index contributed by atoms with van der Waals surface area (Å²) >= 11 is 0. The molecule has 3 aliphatic rings. The SMILES string of the molecule is CN(C)C1CCN(C(=O)C2CN(C(=O)c3cc(/C=C4\OC(=O)c5ccccc54)ccc3F)C2)C1. The number of likely N-dealkylation sites (tertiary alicyclic amines) is 2. The van der Waals surface area contributed by atoms with E-state index in [0.29, 0.717) is 35.0 Å². The van der Waals surface area contributed by atoms with Gasteiger partial charge >= 0.3 is 5.97 Å². The van der Waals surface area contributed by atoms with Crippen LogP contribution in [-0.4, -0.2) is 78.8 Å². The fourth-order valence-corrected chi connectivity index (χ4v) is 4.73. The van der Waals surface area contributed by atoms with Gasteiger partial charge in [0.15, 0.2) is 0 Å². The summed E-state index contributed by atoms with van der Waals surface area (Å²) in [6.45, 7) is 2.01. The van der Waals surface area contributed by atoms with E-state index >= 15 is 0 Å². The third-order valence-corrected chi connectivity index (χ3v) is 6.86. The van der Waals surface area contributed by atoms with Crippen LogP contribution in [0, 0.1) is 11.7 Å². The Morgan fingerprint density at radius 3 is 2.50 bits per heavy atom. The third kappa shape index (κ3) is 3.98. The van der Waals surface area contributed by atoms with Gasteiger partial charge in [0.25, 0.3) is 5.91 Å². The highest BCUT2D eigenvalue weighted by molar-refractivity contribution is 6.06. The van der Waals surface area contributed by atoms with Crippen molar-refractivity contribution >= 4 is 29.6 Å². The highest BCUT2D eigenvalue weighted by Crippen LogP contribution is 2.32. The number of likely N-dealkylation sites (N-methyl/N-ethyl adjacent to an activating group) is 1. The second-order valence-electron chi connectivity index (χ2n) is 9.28. The van der Waals surface area contributed by atoms with Gasteiger partial charge in [-0.2, -0.15) is 0 Å². The predicted octanol–water partition coefficient (Wildman–Crippen LogP) is 2.73. The zero-order valence-electron chi connectivity index (χ0n) is 19.2. The third-order valence-electron chi connectivity index (χ3n) is 6.86. The second-order valence-corrected chi connectivity index (χ2v) is 9.28. The lowest BCUT2D eigenvalue weighted by Crippen LogP contribution is -2.56. The Kier molecular flexibility index (Phi) is 5.69. The number of carbonyl (C=O) groups excluding carboxylic acids is 3. The summed E-state index contributed by atoms with van der Waals surface area (Å²) < 4.78 is 19.9. The number of halogens is 1. The topological polar surface area (TPSA) is 70.2 Å². The standard InChI is InChI=1S/C26H26FN3O4/c1-28(2)18-9-10-29(15-18)24(31)17-13-30(14-17)25(32)21-11-16(7-8-22(21)27)12-23-19-5-3-4-6-20(19)26(33)34-23/h3-8,11-12,17-18H,9-10,13-15H2,1-2H3/b23-12-. The molecule has 0 spiro atoms. The fraction of sp³-hybridized carbons (Fsp3) is 0.346. The average molecular weight is 464 g/mol. The van der Waals surface area contributed by atoms with Crippen LogP contribution in [-0.2, 0) is 9.53 Å². The van der Waals surface area contributed by atoms with Crippen LogP contribution in [0.4, 0.5) is 4.39 Å². The minimum absolute atomic E-state index is 0.0632. The van der Waals surface area contributed by atoms with Crippen molar-refractivity contribution in [3.05, 3.63) is 70.5 Å². The summed E-state index contributed by atoms with van der Waals surface area (Å²) in [6.07, 6.45) is 2.57. The molecule has 2 amide bonds. The van der Waals surface area contributed by atoms with Crippen molar-refractivity contribution in [1.29, 1.82) is 0 Å². The molecule has 2 saturated heterocycles. The summed E-state index contributed by atoms with van der Waals surface area (Å²) in [7, 11) is 4.02. The van der Waals surface area contributed by atoms with Crippen molar-refractivity contribution in [3.8, 4) is 0 Å². The molecule has 1 atom stereocenters. The predicted molar refractivity (Wildman–Crippen MR) is 124 cm³/mol. The molecule has 8 heteroatoms. The van der Waals surface area contributed by atoms with Crippen LogP contribution in [0.2, 0.25) is 0 Å². The molecule has 176 valence electrons. The number of hydrogen-bond donors (Lipinski definition) is 0. The van der Waals surface area contributed by atoms with E-state index in [4.69, 9.17) is 4.74 Å². The Hall–Kier alpha value is -3.52. The van der Waals surface area contributed by atoms with Gasteiger partial charge in [-0.25, -0.2) is 9.18 Å². The molecule has 5 rings (SSSR count). The molecule has 0 N–H and O–H groups in total. The molecule has 7 nitrogen and oxygen atoms in total. The molecule has 3 heterocycles. The number of benzene rings is 2. The van der Waals surface area contributed by atoms with Crippen molar-refractivity contribution in [3.63, 3.8) is 0 Å². The Morgan fingerprint density at radius 2 is 1.79 bits per heavy atom. The van der Waals surface area contributed by atoms with Gasteiger partial charge in [0.05, 0.1) is 17.0 Å². The molecule has 34 heavy (non-hydrogen) atoms. The fourth-order valence-electron chi connectivity index (χ4n) is 4.73. The Labute approximate surface area is 197 Å². The largest absolute Gasteiger partial charge is 0.422 e. The molecule has 0 aromatic heterocycles. The normalized spacial score (nSPS) is 21.1. The number of hydrogen-bond acceptors (Lipinski definition) is 5. The molecular weight excluding hydrogens is 437 g/mol. The average Bonchev–Trinajstić information content (AvgIpc) is 3.40. The van der Waals surface area contributed by atoms with Crippen molar-refractivity contribution in [1.82, 2.24) is 14.7 Å². The summed E-state index contributed by atoms with van der Waals surface area (Å²) in [5.41, 5.74) is 1.61. The first-order chi connectivity index (χ1) is 16.3. The van der Waals surface area contributed by atoms with Crippen LogP contribution in [0.1, 0.15) is 38.3 Å². The van der Waals surface area contributed by atoms with Crippen LogP contribution < -0.4 is 0 Å². The minimum atomic E-state index is -0.626. The van der Waals surface area contributed by atoms with Crippen molar-refractivity contribution in [2.75, 3.05) is 40.3 Å². The Bertz CT molecular complexity index is 1200. The number of rotatable bonds is 4. The van der Waals surface area contributed by atoms with E-state index in [0.717, 1.165) is 13.0 Å². The molecule has 3 aliphatic heterocycles. The molecule has 1 unspecified atom stereocenters. The van der Waals surface area contributed by atoms with E-state index in [2.05, 4.69) is 4.90 Å². The molecule has 2 aromatic carbocycles. The van der Waals surface area contributed by atoms with Gasteiger partial charge in [-0.3, -0.25) is 9.59 Å². The number of fused-ring (bicyclic) bond motifs is 1. The maximum absolute atomic E-state index is 14.5. The van der Waals surface area contributed by atoms with Crippen molar-refractivity contribution in [2.45, 2.75) is 12.5 Å². The van der Waals surface area contributed by atoms with Crippen molar-refractivity contribution < 1.29 is 23.5 Å². The van der Waals surface area contributed by atoms with Crippen molar-refractivity contribution in [2.24, 2.45) is 5.92 Å². The Morgan fingerprint density at radius 1 is 1.06 bits per heavy atom. The first kappa shape index (κ1) is 22.3. The summed E-state index contributed by atoms with van der Waals surface area (Å²) in [6, 6.07) is 11.6. The van der Waals surface area contributed by atoms with E-state index in [1.807, 2.05) is 19.0 Å². The summed E-state index contributed by atoms with van der Waals surface area (Å²) in [5.74, 6) is -1.33. The lowest BCUT2D eigenvalue weighted by atomic mass is 9.96. The van der Waals surface area contributed by atoms with Crippen LogP contribution in [0.3, 0.4) is 0 Å². The van der Waals surface area contributed by atoms with Gasteiger partial charge in [0, 0.05) is 37.8 Å². The van der Waals surface area contributed by atoms with Gasteiger partial charge in [-0.05, 0) is 50.4 Å². The summed E-state index contributed by atoms with van der Waals surface area (Å²) in [5, 5.41) is 0. The molecular formula is C26H26FN3O4. The number of nitrogens with zero attached hydrogens (tertiary/aromatic N) is 3. The van der Waals surface area contributed by atoms with Gasteiger partial charge in [0.2, 0.25) is 5.91 Å². The molecule has 2 fully saturated rings. The smallest absolute Gasteiger partial charge is 0.344 e. The van der Waals surface area contributed by atoms with E-state index in [-0.39, 0.29) is 30.5 Å². The lowest BCUT2D eigenvalue weighted by Gasteiger charge is -2.40. The van der Waals surface area contributed by atoms with Gasteiger partial charge in [-0.1, -0.05) is 24.3 Å². The summed E-state index contributed by atoms with van der Waals surface area (Å²) in [4.78, 5) is 43.3. The quantitative estimate of drug-likeness (QED) is 0.653. The Balaban J connectivity index is 1.27. The minimum Gasteiger partial charge on any atom is -0.422 e. The highest BCUT2D eigenvalue weighted by Gasteiger charge is 2.40. The second kappa shape index (κ2) is 8.68. The van der Waals surface area contributed by atoms with E-state index in [1.54, 1.807) is 30.3 Å². The maximum Gasteiger partial charge on any atom is 0.344 e. The number of esters is 1. The zero-order chi connectivity index (χ0) is 24.0. The van der Waals surface area contributed by atoms with Gasteiger partial charge in [0.1, 0.15) is 11.6 Å². The molecule has 0 aliphatic carbocycles. The van der Waals surface area contributed by atoms with E-state index < -0.39 is 17.7 Å². The number of ether oxygens (including phenoxy) is 1. The highest BCUT2D eigenvalue weighted by atomic mass is 19.1. The molecule has 2 aromatic rings. The van der Waals surface area contributed by atoms with E-state index in [9.17, 15) is 18.8 Å². The van der Waals surface area contributed by atoms with Gasteiger partial charge in [-0.15, -0.1) is 0 Å². The molecule has 0 bridgehead atoms. The molecule has 0 radical (unpaired) electrons. The number of carbonyl (C=O) groups is 3.